The Morgan fingerprint density at radius 3 is 2.65 bits per heavy atom. The summed E-state index contributed by atoms with van der Waals surface area (Å²) in [4.78, 5) is 11.4. The van der Waals surface area contributed by atoms with Crippen LogP contribution in [0.15, 0.2) is 24.3 Å². The molecule has 1 amide bonds. The Labute approximate surface area is 118 Å². The van der Waals surface area contributed by atoms with Gasteiger partial charge in [0.25, 0.3) is 0 Å². The van der Waals surface area contributed by atoms with Crippen molar-refractivity contribution in [2.45, 2.75) is 6.42 Å². The van der Waals surface area contributed by atoms with Crippen molar-refractivity contribution in [2.24, 2.45) is 0 Å². The van der Waals surface area contributed by atoms with Crippen LogP contribution in [-0.2, 0) is 9.53 Å². The van der Waals surface area contributed by atoms with Gasteiger partial charge in [0, 0.05) is 20.2 Å². The number of benzene rings is 1. The van der Waals surface area contributed by atoms with Gasteiger partial charge in [-0.3, -0.25) is 4.79 Å². The fourth-order valence-corrected chi connectivity index (χ4v) is 1.46. The molecule has 0 atom stereocenters. The van der Waals surface area contributed by atoms with Crippen LogP contribution in [0, 0.1) is 5.82 Å². The summed E-state index contributed by atoms with van der Waals surface area (Å²) in [7, 11) is 1.61. The highest BCUT2D eigenvalue weighted by Gasteiger charge is 1.99. The molecule has 0 aliphatic carbocycles. The van der Waals surface area contributed by atoms with Crippen LogP contribution in [0.3, 0.4) is 0 Å². The molecular formula is C14H21FN2O3. The minimum atomic E-state index is -0.286. The molecule has 0 bridgehead atoms. The zero-order valence-corrected chi connectivity index (χ0v) is 11.7. The van der Waals surface area contributed by atoms with Gasteiger partial charge in [0.15, 0.2) is 0 Å². The van der Waals surface area contributed by atoms with E-state index < -0.39 is 0 Å². The highest BCUT2D eigenvalue weighted by molar-refractivity contribution is 5.77. The maximum atomic E-state index is 12.7. The van der Waals surface area contributed by atoms with Gasteiger partial charge in [-0.05, 0) is 30.7 Å². The summed E-state index contributed by atoms with van der Waals surface area (Å²) in [5.41, 5.74) is 0. The van der Waals surface area contributed by atoms with E-state index in [0.29, 0.717) is 38.5 Å². The normalized spacial score (nSPS) is 10.3. The van der Waals surface area contributed by atoms with Crippen LogP contribution in [-0.4, -0.2) is 45.9 Å². The number of carbonyl (C=O) groups excluding carboxylic acids is 1. The third-order valence-electron chi connectivity index (χ3n) is 2.49. The first-order valence-electron chi connectivity index (χ1n) is 6.57. The number of methoxy groups -OCH3 is 1. The molecule has 0 saturated carbocycles. The van der Waals surface area contributed by atoms with Gasteiger partial charge in [-0.15, -0.1) is 0 Å². The average molecular weight is 284 g/mol. The lowest BCUT2D eigenvalue weighted by Crippen LogP contribution is -2.35. The van der Waals surface area contributed by atoms with E-state index >= 15 is 0 Å². The Kier molecular flexibility index (Phi) is 8.33. The van der Waals surface area contributed by atoms with Crippen molar-refractivity contribution in [3.8, 4) is 5.75 Å². The molecule has 1 aromatic carbocycles. The molecule has 5 nitrogen and oxygen atoms in total. The minimum absolute atomic E-state index is 0.0529. The van der Waals surface area contributed by atoms with Crippen LogP contribution in [0.5, 0.6) is 5.75 Å². The van der Waals surface area contributed by atoms with Crippen molar-refractivity contribution in [3.05, 3.63) is 30.1 Å². The molecule has 20 heavy (non-hydrogen) atoms. The highest BCUT2D eigenvalue weighted by Crippen LogP contribution is 2.10. The molecule has 0 aromatic heterocycles. The summed E-state index contributed by atoms with van der Waals surface area (Å²) in [6.07, 6.45) is 0.696. The molecule has 112 valence electrons. The molecular weight excluding hydrogens is 263 g/mol. The quantitative estimate of drug-likeness (QED) is 0.628. The summed E-state index contributed by atoms with van der Waals surface area (Å²) in [5, 5.41) is 5.73. The van der Waals surface area contributed by atoms with E-state index in [1.54, 1.807) is 19.2 Å². The summed E-state index contributed by atoms with van der Waals surface area (Å²) in [5.74, 6) is 0.285. The Hall–Kier alpha value is -1.66. The second-order valence-corrected chi connectivity index (χ2v) is 4.18. The van der Waals surface area contributed by atoms with Crippen LogP contribution < -0.4 is 15.4 Å². The average Bonchev–Trinajstić information content (AvgIpc) is 2.45. The largest absolute Gasteiger partial charge is 0.494 e. The highest BCUT2D eigenvalue weighted by atomic mass is 19.1. The molecule has 0 saturated heterocycles. The molecule has 1 aromatic rings. The van der Waals surface area contributed by atoms with E-state index in [1.807, 2.05) is 0 Å². The molecule has 2 N–H and O–H groups in total. The number of ether oxygens (including phenoxy) is 2. The maximum Gasteiger partial charge on any atom is 0.233 e. The fraction of sp³-hybridized carbons (Fsp3) is 0.500. The number of halogens is 1. The Balaban J connectivity index is 1.98. The third-order valence-corrected chi connectivity index (χ3v) is 2.49. The third kappa shape index (κ3) is 7.70. The minimum Gasteiger partial charge on any atom is -0.494 e. The van der Waals surface area contributed by atoms with Crippen LogP contribution in [0.2, 0.25) is 0 Å². The van der Waals surface area contributed by atoms with Crippen molar-refractivity contribution in [3.63, 3.8) is 0 Å². The van der Waals surface area contributed by atoms with Crippen molar-refractivity contribution in [1.82, 2.24) is 10.6 Å². The number of nitrogens with one attached hydrogen (secondary N) is 2. The van der Waals surface area contributed by atoms with E-state index in [9.17, 15) is 9.18 Å². The van der Waals surface area contributed by atoms with Crippen LogP contribution in [0.1, 0.15) is 6.42 Å². The Morgan fingerprint density at radius 1 is 1.20 bits per heavy atom. The number of hydrogen-bond acceptors (Lipinski definition) is 4. The maximum absolute atomic E-state index is 12.7. The van der Waals surface area contributed by atoms with Gasteiger partial charge in [0.05, 0.1) is 19.8 Å². The Bertz CT molecular complexity index is 385. The molecule has 0 radical (unpaired) electrons. The predicted molar refractivity (Wildman–Crippen MR) is 74.3 cm³/mol. The summed E-state index contributed by atoms with van der Waals surface area (Å²) in [6, 6.07) is 5.85. The number of rotatable bonds is 10. The lowest BCUT2D eigenvalue weighted by molar-refractivity contribution is -0.120. The second-order valence-electron chi connectivity index (χ2n) is 4.18. The van der Waals surface area contributed by atoms with E-state index in [0.717, 1.165) is 0 Å². The summed E-state index contributed by atoms with van der Waals surface area (Å²) < 4.78 is 22.9. The summed E-state index contributed by atoms with van der Waals surface area (Å²) >= 11 is 0. The van der Waals surface area contributed by atoms with E-state index in [-0.39, 0.29) is 18.3 Å². The predicted octanol–water partition coefficient (Wildman–Crippen LogP) is 0.947. The Morgan fingerprint density at radius 2 is 1.95 bits per heavy atom. The summed E-state index contributed by atoms with van der Waals surface area (Å²) in [6.45, 7) is 2.54. The van der Waals surface area contributed by atoms with Crippen LogP contribution in [0.4, 0.5) is 4.39 Å². The lowest BCUT2D eigenvalue weighted by atomic mass is 10.3. The van der Waals surface area contributed by atoms with Gasteiger partial charge in [-0.1, -0.05) is 0 Å². The topological polar surface area (TPSA) is 59.6 Å². The SMILES string of the molecule is COCCNCC(=O)NCCCOc1ccc(F)cc1. The number of amides is 1. The van der Waals surface area contributed by atoms with E-state index in [2.05, 4.69) is 10.6 Å². The second kappa shape index (κ2) is 10.2. The molecule has 0 heterocycles. The first-order chi connectivity index (χ1) is 9.72. The van der Waals surface area contributed by atoms with Gasteiger partial charge in [-0.2, -0.15) is 0 Å². The van der Waals surface area contributed by atoms with E-state index in [4.69, 9.17) is 9.47 Å². The first kappa shape index (κ1) is 16.4. The zero-order valence-electron chi connectivity index (χ0n) is 11.7. The monoisotopic (exact) mass is 284 g/mol. The lowest BCUT2D eigenvalue weighted by Gasteiger charge is -2.08. The van der Waals surface area contributed by atoms with Gasteiger partial charge in [0.1, 0.15) is 11.6 Å². The molecule has 0 unspecified atom stereocenters. The molecule has 0 aliphatic heterocycles. The standard InChI is InChI=1S/C14H21FN2O3/c1-19-10-8-16-11-14(18)17-7-2-9-20-13-5-3-12(15)4-6-13/h3-6,16H,2,7-11H2,1H3,(H,17,18). The zero-order chi connectivity index (χ0) is 14.6. The first-order valence-corrected chi connectivity index (χ1v) is 6.57. The number of hydrogen-bond donors (Lipinski definition) is 2. The fourth-order valence-electron chi connectivity index (χ4n) is 1.46. The van der Waals surface area contributed by atoms with Crippen molar-refractivity contribution < 1.29 is 18.7 Å². The van der Waals surface area contributed by atoms with Crippen molar-refractivity contribution >= 4 is 5.91 Å². The molecule has 0 fully saturated rings. The van der Waals surface area contributed by atoms with Crippen molar-refractivity contribution in [1.29, 1.82) is 0 Å². The van der Waals surface area contributed by atoms with Gasteiger partial charge >= 0.3 is 0 Å². The molecule has 0 aliphatic rings. The van der Waals surface area contributed by atoms with Crippen LogP contribution >= 0.6 is 0 Å². The smallest absolute Gasteiger partial charge is 0.233 e. The van der Waals surface area contributed by atoms with E-state index in [1.165, 1.54) is 12.1 Å². The molecule has 0 spiro atoms. The van der Waals surface area contributed by atoms with Crippen LogP contribution in [0.25, 0.3) is 0 Å². The van der Waals surface area contributed by atoms with Gasteiger partial charge < -0.3 is 20.1 Å². The van der Waals surface area contributed by atoms with Crippen molar-refractivity contribution in [2.75, 3.05) is 40.0 Å². The van der Waals surface area contributed by atoms with Gasteiger partial charge in [0.2, 0.25) is 5.91 Å². The molecule has 6 heteroatoms. The van der Waals surface area contributed by atoms with Gasteiger partial charge in [-0.25, -0.2) is 4.39 Å². The molecule has 1 rings (SSSR count). The number of carbonyl (C=O) groups is 1.